The lowest BCUT2D eigenvalue weighted by molar-refractivity contribution is -0.146. The summed E-state index contributed by atoms with van der Waals surface area (Å²) in [5.74, 6) is 0.861. The van der Waals surface area contributed by atoms with Gasteiger partial charge in [-0.2, -0.15) is 0 Å². The molecule has 1 aromatic carbocycles. The van der Waals surface area contributed by atoms with E-state index in [1.807, 2.05) is 12.1 Å². The van der Waals surface area contributed by atoms with Crippen molar-refractivity contribution >= 4 is 27.9 Å². The minimum Gasteiger partial charge on any atom is -0.496 e. The first kappa shape index (κ1) is 19.7. The molecule has 3 rings (SSSR count). The van der Waals surface area contributed by atoms with Gasteiger partial charge in [0.05, 0.1) is 23.2 Å². The average molecular weight is 437 g/mol. The van der Waals surface area contributed by atoms with Gasteiger partial charge in [0.1, 0.15) is 11.9 Å². The molecule has 27 heavy (non-hydrogen) atoms. The minimum absolute atomic E-state index is 0.0672. The first-order valence-corrected chi connectivity index (χ1v) is 10.0. The van der Waals surface area contributed by atoms with Crippen LogP contribution >= 0.6 is 15.9 Å². The molecule has 1 fully saturated rings. The van der Waals surface area contributed by atoms with Gasteiger partial charge in [-0.05, 0) is 65.7 Å². The third kappa shape index (κ3) is 4.46. The van der Waals surface area contributed by atoms with Crippen molar-refractivity contribution in [2.24, 2.45) is 5.92 Å². The van der Waals surface area contributed by atoms with E-state index in [9.17, 15) is 9.59 Å². The smallest absolute Gasteiger partial charge is 0.338 e. The highest BCUT2D eigenvalue weighted by Gasteiger charge is 2.34. The molecule has 1 aliphatic heterocycles. The summed E-state index contributed by atoms with van der Waals surface area (Å²) < 4.78 is 11.8. The van der Waals surface area contributed by atoms with Gasteiger partial charge in [-0.15, -0.1) is 0 Å². The van der Waals surface area contributed by atoms with E-state index < -0.39 is 6.04 Å². The molecule has 0 bridgehead atoms. The van der Waals surface area contributed by atoms with Gasteiger partial charge in [-0.1, -0.05) is 19.4 Å². The molecule has 0 aromatic heterocycles. The second-order valence-corrected chi connectivity index (χ2v) is 8.12. The maximum Gasteiger partial charge on any atom is 0.338 e. The van der Waals surface area contributed by atoms with Crippen molar-refractivity contribution in [2.45, 2.75) is 51.7 Å². The Hall–Kier alpha value is -2.02. The molecule has 7 heteroatoms. The van der Waals surface area contributed by atoms with Crippen molar-refractivity contribution in [3.63, 3.8) is 0 Å². The molecule has 2 amide bonds. The lowest BCUT2D eigenvalue weighted by Gasteiger charge is -2.31. The van der Waals surface area contributed by atoms with Crippen LogP contribution in [0, 0.1) is 5.92 Å². The van der Waals surface area contributed by atoms with Gasteiger partial charge in [0, 0.05) is 5.70 Å². The number of rotatable bonds is 4. The SMILES string of the molecule is COc1ccc([C@@H]2NC(=O)NC(C)=C2C(=O)O[C@H]2CCC[C@@H](C)C2)cc1Br. The van der Waals surface area contributed by atoms with Gasteiger partial charge in [0.15, 0.2) is 0 Å². The standard InChI is InChI=1S/C20H25BrN2O4/c1-11-5-4-6-14(9-11)27-19(24)17-12(2)22-20(25)23-18(17)13-7-8-16(26-3)15(21)10-13/h7-8,10-11,14,18H,4-6,9H2,1-3H3,(H2,22,23,25)/t11-,14+,18+/m1/s1. The third-order valence-electron chi connectivity index (χ3n) is 5.16. The van der Waals surface area contributed by atoms with Crippen LogP contribution in [0.2, 0.25) is 0 Å². The average Bonchev–Trinajstić information content (AvgIpc) is 2.60. The van der Waals surface area contributed by atoms with Crippen LogP contribution in [-0.4, -0.2) is 25.2 Å². The number of allylic oxidation sites excluding steroid dienone is 1. The normalized spacial score (nSPS) is 25.5. The van der Waals surface area contributed by atoms with Crippen molar-refractivity contribution in [3.8, 4) is 5.75 Å². The molecule has 3 atom stereocenters. The van der Waals surface area contributed by atoms with Crippen molar-refractivity contribution in [3.05, 3.63) is 39.5 Å². The third-order valence-corrected chi connectivity index (χ3v) is 5.78. The fourth-order valence-electron chi connectivity index (χ4n) is 3.78. The first-order chi connectivity index (χ1) is 12.9. The van der Waals surface area contributed by atoms with Crippen LogP contribution in [0.4, 0.5) is 4.79 Å². The summed E-state index contributed by atoms with van der Waals surface area (Å²) in [6.45, 7) is 3.91. The monoisotopic (exact) mass is 436 g/mol. The molecular weight excluding hydrogens is 412 g/mol. The maximum absolute atomic E-state index is 13.0. The fourth-order valence-corrected chi connectivity index (χ4v) is 4.34. The number of hydrogen-bond acceptors (Lipinski definition) is 4. The molecule has 0 spiro atoms. The van der Waals surface area contributed by atoms with Gasteiger partial charge >= 0.3 is 12.0 Å². The lowest BCUT2D eigenvalue weighted by Crippen LogP contribution is -2.45. The van der Waals surface area contributed by atoms with Crippen molar-refractivity contribution in [2.75, 3.05) is 7.11 Å². The Bertz CT molecular complexity index is 777. The Morgan fingerprint density at radius 3 is 2.74 bits per heavy atom. The molecule has 2 aliphatic rings. The van der Waals surface area contributed by atoms with Crippen molar-refractivity contribution in [1.82, 2.24) is 10.6 Å². The molecule has 1 heterocycles. The zero-order valence-corrected chi connectivity index (χ0v) is 17.4. The first-order valence-electron chi connectivity index (χ1n) is 9.21. The number of esters is 1. The lowest BCUT2D eigenvalue weighted by atomic mass is 9.88. The molecule has 0 unspecified atom stereocenters. The second kappa shape index (κ2) is 8.33. The number of carbonyl (C=O) groups excluding carboxylic acids is 2. The van der Waals surface area contributed by atoms with Crippen LogP contribution in [0.3, 0.4) is 0 Å². The van der Waals surface area contributed by atoms with Crippen LogP contribution < -0.4 is 15.4 Å². The van der Waals surface area contributed by atoms with E-state index in [1.165, 1.54) is 6.42 Å². The summed E-state index contributed by atoms with van der Waals surface area (Å²) in [5.41, 5.74) is 1.73. The van der Waals surface area contributed by atoms with E-state index in [-0.39, 0.29) is 18.1 Å². The quantitative estimate of drug-likeness (QED) is 0.693. The Morgan fingerprint density at radius 1 is 1.30 bits per heavy atom. The largest absolute Gasteiger partial charge is 0.496 e. The predicted molar refractivity (Wildman–Crippen MR) is 105 cm³/mol. The van der Waals surface area contributed by atoms with E-state index >= 15 is 0 Å². The Balaban J connectivity index is 1.87. The Labute approximate surface area is 167 Å². The van der Waals surface area contributed by atoms with Crippen LogP contribution in [0.1, 0.15) is 51.1 Å². The Kier molecular flexibility index (Phi) is 6.09. The van der Waals surface area contributed by atoms with Gasteiger partial charge in [-0.3, -0.25) is 0 Å². The number of halogens is 1. The van der Waals surface area contributed by atoms with Gasteiger partial charge in [-0.25, -0.2) is 9.59 Å². The van der Waals surface area contributed by atoms with E-state index in [4.69, 9.17) is 9.47 Å². The highest BCUT2D eigenvalue weighted by molar-refractivity contribution is 9.10. The van der Waals surface area contributed by atoms with Crippen LogP contribution in [0.25, 0.3) is 0 Å². The zero-order valence-electron chi connectivity index (χ0n) is 15.8. The summed E-state index contributed by atoms with van der Waals surface area (Å²) >= 11 is 3.46. The second-order valence-electron chi connectivity index (χ2n) is 7.26. The fraction of sp³-hybridized carbons (Fsp3) is 0.500. The van der Waals surface area contributed by atoms with Crippen molar-refractivity contribution < 1.29 is 19.1 Å². The van der Waals surface area contributed by atoms with Crippen LogP contribution in [0.15, 0.2) is 33.9 Å². The van der Waals surface area contributed by atoms with E-state index in [1.54, 1.807) is 20.1 Å². The molecule has 0 saturated heterocycles. The number of ether oxygens (including phenoxy) is 2. The number of methoxy groups -OCH3 is 1. The zero-order chi connectivity index (χ0) is 19.6. The molecular formula is C20H25BrN2O4. The molecule has 146 valence electrons. The molecule has 1 aromatic rings. The van der Waals surface area contributed by atoms with Gasteiger partial charge in [0.25, 0.3) is 0 Å². The molecule has 1 aliphatic carbocycles. The van der Waals surface area contributed by atoms with Crippen molar-refractivity contribution in [1.29, 1.82) is 0 Å². The molecule has 2 N–H and O–H groups in total. The summed E-state index contributed by atoms with van der Waals surface area (Å²) in [5, 5.41) is 5.52. The topological polar surface area (TPSA) is 76.7 Å². The molecule has 6 nitrogen and oxygen atoms in total. The Morgan fingerprint density at radius 2 is 2.07 bits per heavy atom. The van der Waals surface area contributed by atoms with Gasteiger partial charge < -0.3 is 20.1 Å². The highest BCUT2D eigenvalue weighted by atomic mass is 79.9. The van der Waals surface area contributed by atoms with E-state index in [0.29, 0.717) is 22.9 Å². The summed E-state index contributed by atoms with van der Waals surface area (Å²) in [4.78, 5) is 25.0. The number of amides is 2. The summed E-state index contributed by atoms with van der Waals surface area (Å²) in [6.07, 6.45) is 3.96. The van der Waals surface area contributed by atoms with Crippen LogP contribution in [-0.2, 0) is 9.53 Å². The number of carbonyl (C=O) groups is 2. The number of urea groups is 1. The predicted octanol–water partition coefficient (Wildman–Crippen LogP) is 4.21. The van der Waals surface area contributed by atoms with E-state index in [2.05, 4.69) is 33.5 Å². The molecule has 0 radical (unpaired) electrons. The molecule has 1 saturated carbocycles. The highest BCUT2D eigenvalue weighted by Crippen LogP contribution is 2.34. The van der Waals surface area contributed by atoms with Crippen LogP contribution in [0.5, 0.6) is 5.75 Å². The number of hydrogen-bond donors (Lipinski definition) is 2. The minimum atomic E-state index is -0.575. The maximum atomic E-state index is 13.0. The number of benzene rings is 1. The van der Waals surface area contributed by atoms with E-state index in [0.717, 1.165) is 29.3 Å². The number of nitrogens with one attached hydrogen (secondary N) is 2. The summed E-state index contributed by atoms with van der Waals surface area (Å²) in [7, 11) is 1.59. The summed E-state index contributed by atoms with van der Waals surface area (Å²) in [6, 6.07) is 4.57. The van der Waals surface area contributed by atoms with Gasteiger partial charge in [0.2, 0.25) is 0 Å².